The molecule has 3 heterocycles. The average molecular weight is 329 g/mol. The predicted molar refractivity (Wildman–Crippen MR) is 91.4 cm³/mol. The van der Waals surface area contributed by atoms with Crippen molar-refractivity contribution in [2.24, 2.45) is 0 Å². The number of thiazole rings is 1. The number of nitrogens with zero attached hydrogens (tertiary/aromatic N) is 2. The van der Waals surface area contributed by atoms with Crippen LogP contribution in [0.1, 0.15) is 17.0 Å². The van der Waals surface area contributed by atoms with Crippen molar-refractivity contribution < 1.29 is 4.79 Å². The van der Waals surface area contributed by atoms with Gasteiger partial charge in [-0.15, -0.1) is 11.3 Å². The largest absolute Gasteiger partial charge is 0.302 e. The number of hydrogen-bond acceptors (Lipinski definition) is 5. The number of thiophene rings is 1. The van der Waals surface area contributed by atoms with Crippen molar-refractivity contribution in [2.75, 3.05) is 5.32 Å². The fourth-order valence-corrected chi connectivity index (χ4v) is 3.77. The lowest BCUT2D eigenvalue weighted by atomic mass is 10.2. The number of aromatic nitrogens is 2. The number of carbonyl (C=O) groups is 1. The van der Waals surface area contributed by atoms with Gasteiger partial charge in [0, 0.05) is 29.3 Å². The summed E-state index contributed by atoms with van der Waals surface area (Å²) in [7, 11) is 0. The van der Waals surface area contributed by atoms with Crippen molar-refractivity contribution in [1.29, 1.82) is 0 Å². The summed E-state index contributed by atoms with van der Waals surface area (Å²) in [5, 5.41) is 5.56. The second-order valence-corrected chi connectivity index (χ2v) is 6.83. The molecular weight excluding hydrogens is 314 g/mol. The van der Waals surface area contributed by atoms with Crippen LogP contribution in [0.5, 0.6) is 0 Å². The Bertz CT molecular complexity index is 751. The minimum atomic E-state index is -0.000105. The first kappa shape index (κ1) is 14.9. The van der Waals surface area contributed by atoms with Crippen LogP contribution in [-0.2, 0) is 11.2 Å². The van der Waals surface area contributed by atoms with E-state index in [0.29, 0.717) is 11.6 Å². The maximum atomic E-state index is 12.0. The Hall–Kier alpha value is -2.05. The van der Waals surface area contributed by atoms with Gasteiger partial charge in [0.15, 0.2) is 5.13 Å². The fourth-order valence-electron chi connectivity index (χ4n) is 2.09. The molecule has 0 unspecified atom stereocenters. The lowest BCUT2D eigenvalue weighted by Gasteiger charge is -2.00. The molecule has 0 aliphatic carbocycles. The summed E-state index contributed by atoms with van der Waals surface area (Å²) >= 11 is 3.16. The summed E-state index contributed by atoms with van der Waals surface area (Å²) < 4.78 is 0. The van der Waals surface area contributed by atoms with Crippen LogP contribution in [0.3, 0.4) is 0 Å². The number of rotatable bonds is 5. The zero-order chi connectivity index (χ0) is 15.4. The molecule has 0 fully saturated rings. The maximum Gasteiger partial charge on any atom is 0.226 e. The molecule has 0 aromatic carbocycles. The molecule has 3 rings (SSSR count). The molecule has 0 aliphatic rings. The highest BCUT2D eigenvalue weighted by Crippen LogP contribution is 2.32. The molecule has 1 N–H and O–H groups in total. The monoisotopic (exact) mass is 329 g/mol. The lowest BCUT2D eigenvalue weighted by Crippen LogP contribution is -2.11. The Morgan fingerprint density at radius 1 is 1.32 bits per heavy atom. The first-order valence-corrected chi connectivity index (χ1v) is 8.62. The smallest absolute Gasteiger partial charge is 0.226 e. The van der Waals surface area contributed by atoms with Gasteiger partial charge in [-0.2, -0.15) is 0 Å². The Labute approximate surface area is 136 Å². The van der Waals surface area contributed by atoms with Gasteiger partial charge in [0.2, 0.25) is 5.91 Å². The van der Waals surface area contributed by atoms with E-state index >= 15 is 0 Å². The molecule has 0 atom stereocenters. The highest BCUT2D eigenvalue weighted by atomic mass is 32.1. The van der Waals surface area contributed by atoms with E-state index < -0.39 is 0 Å². The van der Waals surface area contributed by atoms with Crippen LogP contribution in [0, 0.1) is 6.92 Å². The van der Waals surface area contributed by atoms with Crippen LogP contribution in [-0.4, -0.2) is 15.9 Å². The number of hydrogen-bond donors (Lipinski definition) is 1. The van der Waals surface area contributed by atoms with Gasteiger partial charge in [0.25, 0.3) is 0 Å². The summed E-state index contributed by atoms with van der Waals surface area (Å²) in [6.45, 7) is 1.94. The van der Waals surface area contributed by atoms with Gasteiger partial charge in [0.05, 0.1) is 10.6 Å². The van der Waals surface area contributed by atoms with Crippen LogP contribution in [0.2, 0.25) is 0 Å². The Balaban J connectivity index is 1.64. The molecule has 0 saturated carbocycles. The van der Waals surface area contributed by atoms with E-state index in [1.807, 2.05) is 42.8 Å². The first-order valence-electron chi connectivity index (χ1n) is 6.92. The van der Waals surface area contributed by atoms with Crippen LogP contribution in [0.15, 0.2) is 42.0 Å². The topological polar surface area (TPSA) is 54.9 Å². The first-order chi connectivity index (χ1) is 10.7. The van der Waals surface area contributed by atoms with Gasteiger partial charge in [-0.05, 0) is 30.9 Å². The van der Waals surface area contributed by atoms with Gasteiger partial charge in [0.1, 0.15) is 0 Å². The Morgan fingerprint density at radius 2 is 2.23 bits per heavy atom. The molecule has 0 radical (unpaired) electrons. The number of amides is 1. The van der Waals surface area contributed by atoms with Crippen LogP contribution < -0.4 is 5.32 Å². The highest BCUT2D eigenvalue weighted by molar-refractivity contribution is 7.19. The van der Waals surface area contributed by atoms with Gasteiger partial charge >= 0.3 is 0 Å². The van der Waals surface area contributed by atoms with E-state index in [0.717, 1.165) is 22.6 Å². The summed E-state index contributed by atoms with van der Waals surface area (Å²) in [5.74, 6) is -0.000105. The fraction of sp³-hybridized carbons (Fsp3) is 0.188. The highest BCUT2D eigenvalue weighted by Gasteiger charge is 2.12. The zero-order valence-corrected chi connectivity index (χ0v) is 13.7. The normalized spacial score (nSPS) is 10.6. The third kappa shape index (κ3) is 3.58. The van der Waals surface area contributed by atoms with Gasteiger partial charge in [-0.25, -0.2) is 4.98 Å². The minimum absolute atomic E-state index is 0.000105. The second-order valence-electron chi connectivity index (χ2n) is 4.80. The van der Waals surface area contributed by atoms with Crippen molar-refractivity contribution in [3.05, 3.63) is 52.6 Å². The van der Waals surface area contributed by atoms with Crippen LogP contribution in [0.25, 0.3) is 10.4 Å². The summed E-state index contributed by atoms with van der Waals surface area (Å²) in [6.07, 6.45) is 4.79. The number of nitrogens with one attached hydrogen (secondary N) is 1. The number of pyridine rings is 1. The van der Waals surface area contributed by atoms with Crippen molar-refractivity contribution >= 4 is 33.7 Å². The third-order valence-electron chi connectivity index (χ3n) is 3.15. The molecule has 112 valence electrons. The Morgan fingerprint density at radius 3 is 2.95 bits per heavy atom. The number of aryl methyl sites for hydroxylation is 2. The average Bonchev–Trinajstić information content (AvgIpc) is 3.16. The Kier molecular flexibility index (Phi) is 4.60. The molecule has 0 spiro atoms. The van der Waals surface area contributed by atoms with Crippen molar-refractivity contribution in [2.45, 2.75) is 19.8 Å². The van der Waals surface area contributed by atoms with E-state index in [1.165, 1.54) is 16.2 Å². The molecule has 0 aliphatic heterocycles. The molecule has 3 aromatic rings. The quantitative estimate of drug-likeness (QED) is 0.765. The third-order valence-corrected chi connectivity index (χ3v) is 5.20. The van der Waals surface area contributed by atoms with E-state index in [2.05, 4.69) is 15.3 Å². The maximum absolute atomic E-state index is 12.0. The van der Waals surface area contributed by atoms with E-state index in [9.17, 15) is 4.79 Å². The molecule has 6 heteroatoms. The van der Waals surface area contributed by atoms with Crippen molar-refractivity contribution in [3.63, 3.8) is 0 Å². The zero-order valence-electron chi connectivity index (χ0n) is 12.1. The molecule has 0 bridgehead atoms. The molecule has 22 heavy (non-hydrogen) atoms. The SMILES string of the molecule is Cc1nc(NC(=O)CCc2cccs2)sc1-c1cccnc1. The van der Waals surface area contributed by atoms with E-state index in [1.54, 1.807) is 17.5 Å². The lowest BCUT2D eigenvalue weighted by molar-refractivity contribution is -0.116. The molecule has 0 saturated heterocycles. The number of anilines is 1. The van der Waals surface area contributed by atoms with E-state index in [-0.39, 0.29) is 5.91 Å². The van der Waals surface area contributed by atoms with Gasteiger partial charge < -0.3 is 5.32 Å². The van der Waals surface area contributed by atoms with Gasteiger partial charge in [-0.3, -0.25) is 9.78 Å². The standard InChI is InChI=1S/C16H15N3OS2/c1-11-15(12-4-2-8-17-10-12)22-16(18-11)19-14(20)7-6-13-5-3-9-21-13/h2-5,8-10H,6-7H2,1H3,(H,18,19,20). The summed E-state index contributed by atoms with van der Waals surface area (Å²) in [5.41, 5.74) is 1.93. The molecular formula is C16H15N3OS2. The number of carbonyl (C=O) groups excluding carboxylic acids is 1. The van der Waals surface area contributed by atoms with Gasteiger partial charge in [-0.1, -0.05) is 23.5 Å². The van der Waals surface area contributed by atoms with E-state index in [4.69, 9.17) is 0 Å². The predicted octanol–water partition coefficient (Wildman–Crippen LogP) is 4.15. The van der Waals surface area contributed by atoms with Crippen LogP contribution >= 0.6 is 22.7 Å². The molecule has 1 amide bonds. The van der Waals surface area contributed by atoms with Crippen LogP contribution in [0.4, 0.5) is 5.13 Å². The second kappa shape index (κ2) is 6.81. The van der Waals surface area contributed by atoms with Crippen molar-refractivity contribution in [3.8, 4) is 10.4 Å². The minimum Gasteiger partial charge on any atom is -0.302 e. The summed E-state index contributed by atoms with van der Waals surface area (Å²) in [4.78, 5) is 22.8. The van der Waals surface area contributed by atoms with Crippen molar-refractivity contribution in [1.82, 2.24) is 9.97 Å². The molecule has 3 aromatic heterocycles. The molecule has 4 nitrogen and oxygen atoms in total. The summed E-state index contributed by atoms with van der Waals surface area (Å²) in [6, 6.07) is 7.94.